The molecular weight excluding hydrogens is 3640 g/mol. The van der Waals surface area contributed by atoms with Crippen LogP contribution >= 0.6 is 380 Å². The summed E-state index contributed by atoms with van der Waals surface area (Å²) in [6, 6.07) is 23.1. The number of aromatic hydroxyl groups is 1. The summed E-state index contributed by atoms with van der Waals surface area (Å²) in [5.41, 5.74) is -2.21. The van der Waals surface area contributed by atoms with Crippen molar-refractivity contribution in [1.82, 2.24) is 0 Å². The molecule has 4 N–H and O–H groups in total. The summed E-state index contributed by atoms with van der Waals surface area (Å²) in [5, 5.41) is 144. The van der Waals surface area contributed by atoms with E-state index in [9.17, 15) is 149 Å². The lowest BCUT2D eigenvalue weighted by molar-refractivity contribution is -0.271. The molecule has 0 amide bonds. The molecule has 0 fully saturated rings. The molecule has 0 saturated carbocycles. The van der Waals surface area contributed by atoms with Crippen molar-refractivity contribution in [3.63, 3.8) is 0 Å². The summed E-state index contributed by atoms with van der Waals surface area (Å²) in [6.45, 7) is 3.43. The molecule has 810 valence electrons. The van der Waals surface area contributed by atoms with E-state index in [0.717, 1.165) is 27.8 Å². The smallest absolute Gasteiger partial charge is 0.491 e. The fraction of sp³-hybridized carbons (Fsp3) is 0.118. The van der Waals surface area contributed by atoms with Crippen molar-refractivity contribution in [2.24, 2.45) is 5.92 Å². The minimum absolute atomic E-state index is 0.00310. The Hall–Kier alpha value is -5.83. The van der Waals surface area contributed by atoms with Gasteiger partial charge in [-0.1, -0.05) is 222 Å². The van der Waals surface area contributed by atoms with Gasteiger partial charge in [0.1, 0.15) is 23.2 Å². The van der Waals surface area contributed by atoms with Crippen molar-refractivity contribution in [2.75, 3.05) is 18.6 Å². The van der Waals surface area contributed by atoms with Crippen molar-refractivity contribution in [3.8, 4) is 63.2 Å². The molecule has 10 aromatic carbocycles. The number of hydrogen-bond acceptors (Lipinski definition) is 33. The zero-order valence-corrected chi connectivity index (χ0v) is 110. The zero-order chi connectivity index (χ0) is 116. The number of phenols is 1. The van der Waals surface area contributed by atoms with E-state index >= 15 is 0 Å². The number of rotatable bonds is 20. The Morgan fingerprint density at radius 3 is 0.907 bits per heavy atom. The molecule has 0 saturated heterocycles. The van der Waals surface area contributed by atoms with Gasteiger partial charge < -0.3 is 138 Å². The molecule has 0 spiro atoms. The fourth-order valence-corrected chi connectivity index (χ4v) is 24.2. The zero-order valence-electron chi connectivity index (χ0n) is 72.6. The van der Waals surface area contributed by atoms with E-state index in [1.54, 1.807) is 37.3 Å². The van der Waals surface area contributed by atoms with E-state index < -0.39 is 142 Å². The van der Waals surface area contributed by atoms with Gasteiger partial charge in [0.2, 0.25) is 0 Å². The number of phenolic OH excluding ortho intramolecular Hbond substituents is 1. The molecule has 0 radical (unpaired) electrons. The third-order valence-corrected chi connectivity index (χ3v) is 30.4. The van der Waals surface area contributed by atoms with Crippen molar-refractivity contribution in [3.05, 3.63) is 256 Å². The minimum Gasteiger partial charge on any atom is -0.871 e. The molecule has 65 heteroatoms. The highest BCUT2D eigenvalue weighted by molar-refractivity contribution is 14.1. The normalized spacial score (nSPS) is 10.5. The number of carboxylic acid groups (broad SMARTS) is 10. The van der Waals surface area contributed by atoms with E-state index in [1.165, 1.54) is 69.7 Å². The topological polar surface area (TPSA) is 632 Å². The quantitative estimate of drug-likeness (QED) is 0.0137. The second kappa shape index (κ2) is 66.1. The Balaban J connectivity index is 0.000000836. The van der Waals surface area contributed by atoms with Gasteiger partial charge in [0.25, 0.3) is 0 Å². The molecule has 150 heavy (non-hydrogen) atoms. The summed E-state index contributed by atoms with van der Waals surface area (Å²) in [5.74, 6) is -24.4. The average Bonchev–Trinajstić information content (AvgIpc) is 0.790. The standard InChI is InChI=1S/C11H7Br2F3O4.C10H8Br2O4.C9H3Br2F3O4.C9H5Br2IO4.C9H6Br2O4.C8H6Br2O3.C8H6BrIO3.C7H2Br4O3.C7H3Br3O3.C7H5BrO4/c1-4(11(14,15)16)10(19)20-8-6(9(17)18)2-5(12)3-7(8)13;1-2-8(13)16-9-6(10(14)15)3-5(11)4-7(9)12;10-3-1-4(7(15)16)6(5(11)2-3)18-8(17)9(12,13)14;10-4-1-5(9(14)15)8(6(11)2-4)16-7(13)3-12;1-4(12)15-8-6(9(13)14)2-5(10)3-7(8)11;1-13-7-5(8(11)12)2-4(9)3-6(7)10;1-13-7-5(8(11)12)2-4(10)3-6(7)9;8-2-1(7(13)14)3(9)5(11)6(12)4(2)10;8-2-1-3(9)6(11)5(10)4(2)7(12)13;8-5-2-3(9)1-4(6(5)10)7(11)12/h2-4H,1H3,(H,17,18);3-4H,2H2,1H3,(H,14,15);1-2H,(H,15,16);1-2H,3H2,(H,14,15);2-3H,1H3,(H,13,14);2*2-3H,1H3,(H,11,12);12H,(H,13,14);1,11H,(H,12,13);1-2,9-10H,(H,11,12)/p-10. The number of halogens is 29. The van der Waals surface area contributed by atoms with Gasteiger partial charge in [-0.2, -0.15) is 26.3 Å². The predicted octanol–water partition coefficient (Wildman–Crippen LogP) is 20.2. The molecule has 10 aromatic rings. The minimum atomic E-state index is -5.23. The maximum Gasteiger partial charge on any atom is 0.491 e. The lowest BCUT2D eigenvalue weighted by Gasteiger charge is -2.17. The van der Waals surface area contributed by atoms with Gasteiger partial charge >= 0.3 is 60.1 Å². The molecule has 0 aliphatic carbocycles. The van der Waals surface area contributed by atoms with E-state index in [0.29, 0.717) is 66.3 Å². The van der Waals surface area contributed by atoms with Crippen molar-refractivity contribution in [2.45, 2.75) is 39.5 Å². The molecule has 1 unspecified atom stereocenters. The van der Waals surface area contributed by atoms with Crippen LogP contribution in [0.4, 0.5) is 26.3 Å². The number of hydrogen-bond donors (Lipinski definition) is 4. The number of aromatic carboxylic acids is 10. The van der Waals surface area contributed by atoms with Crippen molar-refractivity contribution in [1.29, 1.82) is 0 Å². The average molecular weight is 3680 g/mol. The number of benzene rings is 10. The first kappa shape index (κ1) is 142. The summed E-state index contributed by atoms with van der Waals surface area (Å²) in [7, 11) is 2.82. The number of carboxylic acids is 10. The molecule has 0 heterocycles. The van der Waals surface area contributed by atoms with Crippen LogP contribution in [0.2, 0.25) is 0 Å². The van der Waals surface area contributed by atoms with Crippen LogP contribution in [0.3, 0.4) is 0 Å². The SMILES string of the molecule is CC(=O)Oc1c(Br)cc(Br)cc1C(=O)[O-].CC(C(=O)Oc1c(Br)cc(Br)cc1C(=O)[O-])C(F)(F)F.CCC(=O)Oc1c(Br)cc(Br)cc1C(=O)[O-].COc1c(Br)cc(Br)cc1C(=O)[O-].COc1c(Br)cc(I)cc1C(=O)[O-].O=C(CI)Oc1c(Br)cc(Br)cc1C(=O)[O-].O=C(O)c1c(Br)c(Br)c([O-])c(Br)c1Br.O=C(O)c1c(Br)cc(Br)c([O-])c1Br.O=C(O)c1cc(O)cc(Br)c1[O-].O=C([O-])c1cc(Br)cc(Br)c1OC(=O)C(F)(F)F. The summed E-state index contributed by atoms with van der Waals surface area (Å²) in [6.07, 6.45) is -9.84. The monoisotopic (exact) mass is 3660 g/mol. The van der Waals surface area contributed by atoms with Gasteiger partial charge in [-0.05, 0) is 292 Å². The van der Waals surface area contributed by atoms with Gasteiger partial charge in [0, 0.05) is 118 Å². The van der Waals surface area contributed by atoms with Crippen LogP contribution in [-0.2, 0) is 24.0 Å². The van der Waals surface area contributed by atoms with Crippen LogP contribution < -0.4 is 84.2 Å². The van der Waals surface area contributed by atoms with Gasteiger partial charge in [0.15, 0.2) is 28.7 Å². The molecule has 0 bridgehead atoms. The number of ether oxygens (including phenoxy) is 7. The van der Waals surface area contributed by atoms with E-state index in [4.69, 9.17) is 44.1 Å². The maximum absolute atomic E-state index is 12.4. The molecule has 0 aliphatic heterocycles. The van der Waals surface area contributed by atoms with E-state index in [2.05, 4.69) is 344 Å². The third kappa shape index (κ3) is 45.3. The first-order chi connectivity index (χ1) is 68.9. The molecule has 36 nitrogen and oxygen atoms in total. The van der Waals surface area contributed by atoms with E-state index in [-0.39, 0.29) is 130 Å². The molecule has 1 atom stereocenters. The Morgan fingerprint density at radius 2 is 0.620 bits per heavy atom. The predicted molar refractivity (Wildman–Crippen MR) is 587 cm³/mol. The molecule has 10 rings (SSSR count). The first-order valence-electron chi connectivity index (χ1n) is 37.0. The largest absolute Gasteiger partial charge is 0.871 e. The van der Waals surface area contributed by atoms with Gasteiger partial charge in [-0.25, -0.2) is 19.2 Å². The third-order valence-electron chi connectivity index (χ3n) is 15.6. The van der Waals surface area contributed by atoms with Crippen LogP contribution in [-0.4, -0.2) is 141 Å². The number of methoxy groups -OCH3 is 2. The molecular formula is C85H41Br21F6I2O36-10. The lowest BCUT2D eigenvalue weighted by Crippen LogP contribution is -2.32. The Morgan fingerprint density at radius 1 is 0.333 bits per heavy atom. The van der Waals surface area contributed by atoms with Crippen LogP contribution in [0.5, 0.6) is 63.2 Å². The molecule has 0 aliphatic rings. The highest BCUT2D eigenvalue weighted by atomic mass is 127. The van der Waals surface area contributed by atoms with Crippen molar-refractivity contribution < 1.29 is 203 Å². The van der Waals surface area contributed by atoms with E-state index in [1.807, 2.05) is 45.2 Å². The Kier molecular flexibility index (Phi) is 62.7. The maximum atomic E-state index is 12.4. The fourth-order valence-electron chi connectivity index (χ4n) is 9.17. The van der Waals surface area contributed by atoms with Gasteiger partial charge in [0.05, 0.1) is 108 Å². The number of carbonyl (C=O) groups is 15. The first-order valence-corrected chi connectivity index (χ1v) is 56.2. The highest BCUT2D eigenvalue weighted by Crippen LogP contribution is 2.47. The van der Waals surface area contributed by atoms with Crippen LogP contribution in [0.25, 0.3) is 0 Å². The Labute approximate surface area is 1040 Å². The molecule has 0 aromatic heterocycles. The van der Waals surface area contributed by atoms with Crippen LogP contribution in [0.15, 0.2) is 197 Å². The van der Waals surface area contributed by atoms with Crippen LogP contribution in [0.1, 0.15) is 131 Å². The van der Waals surface area contributed by atoms with Crippen LogP contribution in [0, 0.1) is 9.49 Å². The number of alkyl halides is 7. The second-order valence-corrected chi connectivity index (χ2v) is 45.9. The Bertz CT molecular complexity index is 6710. The lowest BCUT2D eigenvalue weighted by atomic mass is 10.1. The van der Waals surface area contributed by atoms with Gasteiger partial charge in [-0.15, -0.1) is 0 Å². The highest BCUT2D eigenvalue weighted by Gasteiger charge is 2.44. The second-order valence-electron chi connectivity index (χ2n) is 25.9. The summed E-state index contributed by atoms with van der Waals surface area (Å²) >= 11 is 67.7. The van der Waals surface area contributed by atoms with Gasteiger partial charge in [-0.3, -0.25) is 19.2 Å². The number of carbonyl (C=O) groups excluding carboxylic acids is 12. The number of esters is 5. The van der Waals surface area contributed by atoms with Crippen molar-refractivity contribution >= 4 is 469 Å². The summed E-state index contributed by atoms with van der Waals surface area (Å²) < 4.78 is 114. The summed E-state index contributed by atoms with van der Waals surface area (Å²) in [4.78, 5) is 162.